The SMILES string of the molecule is CCCCCC(=O)NC1Sc2ccccc2N1c1c(Cl)cccc1CN. The quantitative estimate of drug-likeness (QED) is 0.652. The summed E-state index contributed by atoms with van der Waals surface area (Å²) in [5, 5.41) is 3.80. The molecule has 1 unspecified atom stereocenters. The summed E-state index contributed by atoms with van der Waals surface area (Å²) in [6.45, 7) is 2.52. The van der Waals surface area contributed by atoms with Gasteiger partial charge in [0.05, 0.1) is 16.4 Å². The molecule has 0 saturated heterocycles. The third-order valence-electron chi connectivity index (χ3n) is 4.42. The fourth-order valence-electron chi connectivity index (χ4n) is 3.13. The molecule has 0 saturated carbocycles. The number of fused-ring (bicyclic) bond motifs is 1. The number of halogens is 1. The number of nitrogens with zero attached hydrogens (tertiary/aromatic N) is 1. The number of unbranched alkanes of at least 4 members (excludes halogenated alkanes) is 2. The van der Waals surface area contributed by atoms with E-state index >= 15 is 0 Å². The number of benzene rings is 2. The molecule has 26 heavy (non-hydrogen) atoms. The van der Waals surface area contributed by atoms with Gasteiger partial charge in [0, 0.05) is 17.9 Å². The number of nitrogens with one attached hydrogen (secondary N) is 1. The highest BCUT2D eigenvalue weighted by Crippen LogP contribution is 2.49. The molecule has 3 rings (SSSR count). The van der Waals surface area contributed by atoms with Crippen molar-refractivity contribution in [3.05, 3.63) is 53.1 Å². The lowest BCUT2D eigenvalue weighted by Gasteiger charge is -2.30. The Morgan fingerprint density at radius 1 is 1.23 bits per heavy atom. The Balaban J connectivity index is 1.92. The van der Waals surface area contributed by atoms with Crippen LogP contribution in [0.2, 0.25) is 5.02 Å². The third kappa shape index (κ3) is 4.00. The van der Waals surface area contributed by atoms with Gasteiger partial charge < -0.3 is 16.0 Å². The first-order chi connectivity index (χ1) is 12.7. The Morgan fingerprint density at radius 3 is 2.81 bits per heavy atom. The maximum absolute atomic E-state index is 12.4. The summed E-state index contributed by atoms with van der Waals surface area (Å²) in [5.41, 5.74) is 8.59. The number of carbonyl (C=O) groups excluding carboxylic acids is 1. The van der Waals surface area contributed by atoms with Crippen LogP contribution in [0.3, 0.4) is 0 Å². The van der Waals surface area contributed by atoms with E-state index in [2.05, 4.69) is 29.3 Å². The molecule has 1 heterocycles. The molecule has 0 aliphatic carbocycles. The van der Waals surface area contributed by atoms with Gasteiger partial charge in [0.15, 0.2) is 5.50 Å². The minimum atomic E-state index is -0.230. The van der Waals surface area contributed by atoms with Crippen LogP contribution in [0.1, 0.15) is 38.2 Å². The Hall–Kier alpha value is -1.69. The molecule has 1 amide bonds. The van der Waals surface area contributed by atoms with Crippen LogP contribution in [0.25, 0.3) is 0 Å². The van der Waals surface area contributed by atoms with Crippen LogP contribution in [0.4, 0.5) is 11.4 Å². The molecule has 1 atom stereocenters. The molecule has 0 spiro atoms. The zero-order chi connectivity index (χ0) is 18.5. The number of hydrogen-bond donors (Lipinski definition) is 2. The molecule has 0 radical (unpaired) electrons. The highest BCUT2D eigenvalue weighted by atomic mass is 35.5. The van der Waals surface area contributed by atoms with E-state index in [4.69, 9.17) is 17.3 Å². The second-order valence-electron chi connectivity index (χ2n) is 6.28. The average Bonchev–Trinajstić information content (AvgIpc) is 2.99. The van der Waals surface area contributed by atoms with Crippen molar-refractivity contribution in [3.8, 4) is 0 Å². The van der Waals surface area contributed by atoms with Crippen molar-refractivity contribution in [2.75, 3.05) is 4.90 Å². The highest BCUT2D eigenvalue weighted by Gasteiger charge is 2.34. The summed E-state index contributed by atoms with van der Waals surface area (Å²) in [4.78, 5) is 15.7. The van der Waals surface area contributed by atoms with Gasteiger partial charge in [-0.25, -0.2) is 0 Å². The monoisotopic (exact) mass is 389 g/mol. The van der Waals surface area contributed by atoms with Crippen LogP contribution >= 0.6 is 23.4 Å². The average molecular weight is 390 g/mol. The van der Waals surface area contributed by atoms with Crippen LogP contribution in [-0.4, -0.2) is 11.4 Å². The molecule has 6 heteroatoms. The zero-order valence-corrected chi connectivity index (χ0v) is 16.4. The van der Waals surface area contributed by atoms with Gasteiger partial charge >= 0.3 is 0 Å². The van der Waals surface area contributed by atoms with Gasteiger partial charge in [-0.1, -0.05) is 67.4 Å². The zero-order valence-electron chi connectivity index (χ0n) is 14.9. The second kappa shape index (κ2) is 8.80. The summed E-state index contributed by atoms with van der Waals surface area (Å²) in [6.07, 6.45) is 3.62. The van der Waals surface area contributed by atoms with E-state index in [0.717, 1.165) is 41.1 Å². The van der Waals surface area contributed by atoms with Crippen LogP contribution in [0.5, 0.6) is 0 Å². The lowest BCUT2D eigenvalue weighted by Crippen LogP contribution is -2.42. The topological polar surface area (TPSA) is 58.4 Å². The van der Waals surface area contributed by atoms with Crippen molar-refractivity contribution >= 4 is 40.6 Å². The number of carbonyl (C=O) groups is 1. The fourth-order valence-corrected chi connectivity index (χ4v) is 4.61. The van der Waals surface area contributed by atoms with Gasteiger partial charge in [-0.05, 0) is 30.2 Å². The van der Waals surface area contributed by atoms with E-state index < -0.39 is 0 Å². The van der Waals surface area contributed by atoms with E-state index in [1.807, 2.05) is 30.3 Å². The summed E-state index contributed by atoms with van der Waals surface area (Å²) in [6, 6.07) is 13.9. The number of nitrogens with two attached hydrogens (primary N) is 1. The first-order valence-electron chi connectivity index (χ1n) is 8.97. The van der Waals surface area contributed by atoms with E-state index in [0.29, 0.717) is 18.0 Å². The van der Waals surface area contributed by atoms with E-state index in [1.54, 1.807) is 11.8 Å². The number of amides is 1. The third-order valence-corrected chi connectivity index (χ3v) is 5.88. The standard InChI is InChI=1S/C20H24ClN3OS/c1-2-3-4-12-18(25)23-20-24(16-10-5-6-11-17(16)26-20)19-14(13-22)8-7-9-15(19)21/h5-11,20H,2-4,12-13,22H2,1H3,(H,23,25). The Bertz CT molecular complexity index is 783. The van der Waals surface area contributed by atoms with Crippen molar-refractivity contribution in [1.82, 2.24) is 5.32 Å². The molecule has 0 bridgehead atoms. The number of rotatable bonds is 7. The Kier molecular flexibility index (Phi) is 6.46. The second-order valence-corrected chi connectivity index (χ2v) is 7.81. The van der Waals surface area contributed by atoms with Gasteiger partial charge in [-0.3, -0.25) is 4.79 Å². The van der Waals surface area contributed by atoms with Crippen LogP contribution < -0.4 is 16.0 Å². The molecule has 1 aliphatic heterocycles. The lowest BCUT2D eigenvalue weighted by molar-refractivity contribution is -0.121. The van der Waals surface area contributed by atoms with E-state index in [-0.39, 0.29) is 11.4 Å². The van der Waals surface area contributed by atoms with Gasteiger partial charge in [0.2, 0.25) is 5.91 Å². The van der Waals surface area contributed by atoms with Crippen molar-refractivity contribution in [2.24, 2.45) is 5.73 Å². The molecule has 138 valence electrons. The molecular weight excluding hydrogens is 366 g/mol. The summed E-state index contributed by atoms with van der Waals surface area (Å²) >= 11 is 8.17. The molecule has 2 aromatic carbocycles. The van der Waals surface area contributed by atoms with Crippen LogP contribution in [0.15, 0.2) is 47.4 Å². The minimum absolute atomic E-state index is 0.0649. The van der Waals surface area contributed by atoms with E-state index in [9.17, 15) is 4.79 Å². The van der Waals surface area contributed by atoms with Gasteiger partial charge in [-0.2, -0.15) is 0 Å². The van der Waals surface area contributed by atoms with Crippen LogP contribution in [0, 0.1) is 0 Å². The summed E-state index contributed by atoms with van der Waals surface area (Å²) in [7, 11) is 0. The largest absolute Gasteiger partial charge is 0.327 e. The number of anilines is 2. The maximum atomic E-state index is 12.4. The Labute approximate surface area is 164 Å². The van der Waals surface area contributed by atoms with Crippen molar-refractivity contribution in [2.45, 2.75) is 49.5 Å². The van der Waals surface area contributed by atoms with Crippen molar-refractivity contribution in [3.63, 3.8) is 0 Å². The molecule has 4 nitrogen and oxygen atoms in total. The normalized spacial score (nSPS) is 15.8. The number of para-hydroxylation sites is 2. The van der Waals surface area contributed by atoms with E-state index in [1.165, 1.54) is 0 Å². The molecular formula is C20H24ClN3OS. The number of hydrogen-bond acceptors (Lipinski definition) is 4. The molecule has 0 aromatic heterocycles. The van der Waals surface area contributed by atoms with Crippen molar-refractivity contribution < 1.29 is 4.79 Å². The molecule has 2 aromatic rings. The first-order valence-corrected chi connectivity index (χ1v) is 10.2. The molecule has 1 aliphatic rings. The van der Waals surface area contributed by atoms with Crippen LogP contribution in [-0.2, 0) is 11.3 Å². The van der Waals surface area contributed by atoms with Crippen molar-refractivity contribution in [1.29, 1.82) is 0 Å². The Morgan fingerprint density at radius 2 is 2.04 bits per heavy atom. The maximum Gasteiger partial charge on any atom is 0.222 e. The number of thioether (sulfide) groups is 1. The molecule has 3 N–H and O–H groups in total. The van der Waals surface area contributed by atoms with Gasteiger partial charge in [0.25, 0.3) is 0 Å². The smallest absolute Gasteiger partial charge is 0.222 e. The fraction of sp³-hybridized carbons (Fsp3) is 0.350. The summed E-state index contributed by atoms with van der Waals surface area (Å²) < 4.78 is 0. The predicted octanol–water partition coefficient (Wildman–Crippen LogP) is 5.02. The minimum Gasteiger partial charge on any atom is -0.327 e. The lowest BCUT2D eigenvalue weighted by atomic mass is 10.1. The predicted molar refractivity (Wildman–Crippen MR) is 110 cm³/mol. The summed E-state index contributed by atoms with van der Waals surface area (Å²) in [5.74, 6) is 0.0649. The van der Waals surface area contributed by atoms with Gasteiger partial charge in [-0.15, -0.1) is 0 Å². The molecule has 0 fully saturated rings. The van der Waals surface area contributed by atoms with Gasteiger partial charge in [0.1, 0.15) is 0 Å². The first kappa shape index (κ1) is 19.1. The highest BCUT2D eigenvalue weighted by molar-refractivity contribution is 8.00.